The zero-order valence-corrected chi connectivity index (χ0v) is 10.9. The van der Waals surface area contributed by atoms with Gasteiger partial charge in [0, 0.05) is 6.54 Å². The van der Waals surface area contributed by atoms with E-state index in [1.54, 1.807) is 0 Å². The Morgan fingerprint density at radius 3 is 2.69 bits per heavy atom. The molecule has 16 heavy (non-hydrogen) atoms. The summed E-state index contributed by atoms with van der Waals surface area (Å²) in [7, 11) is -3.30. The van der Waals surface area contributed by atoms with Gasteiger partial charge in [-0.15, -0.1) is 0 Å². The number of hydrogen-bond acceptors (Lipinski definition) is 3. The summed E-state index contributed by atoms with van der Waals surface area (Å²) in [5, 5.41) is 8.06. The molecule has 0 aromatic heterocycles. The lowest BCUT2D eigenvalue weighted by molar-refractivity contribution is 0.268. The van der Waals surface area contributed by atoms with Crippen molar-refractivity contribution in [3.05, 3.63) is 0 Å². The van der Waals surface area contributed by atoms with Crippen LogP contribution in [-0.2, 0) is 10.0 Å². The molecule has 0 spiro atoms. The maximum absolute atomic E-state index is 10.7. The molecular weight excluding hydrogens is 224 g/mol. The van der Waals surface area contributed by atoms with Crippen molar-refractivity contribution in [3.63, 3.8) is 0 Å². The first-order valence-electron chi connectivity index (χ1n) is 6.18. The van der Waals surface area contributed by atoms with E-state index >= 15 is 0 Å². The number of rotatable bonds is 6. The standard InChI is InChI=1S/C11H24N2O2S/c1-10-3-2-4-11(9-10)5-6-13-7-8-16(12,14)15/h10-11,13H,2-9H2,1H3,(H2,12,14,15). The third-order valence-corrected chi connectivity index (χ3v) is 4.11. The van der Waals surface area contributed by atoms with Gasteiger partial charge in [-0.3, -0.25) is 0 Å². The van der Waals surface area contributed by atoms with Gasteiger partial charge < -0.3 is 5.32 Å². The van der Waals surface area contributed by atoms with Gasteiger partial charge in [-0.2, -0.15) is 0 Å². The Labute approximate surface area is 99.0 Å². The SMILES string of the molecule is CC1CCCC(CCNCCS(N)(=O)=O)C1. The zero-order valence-electron chi connectivity index (χ0n) is 10.1. The van der Waals surface area contributed by atoms with Crippen molar-refractivity contribution in [2.75, 3.05) is 18.8 Å². The lowest BCUT2D eigenvalue weighted by Crippen LogP contribution is -2.29. The molecule has 2 unspecified atom stereocenters. The van der Waals surface area contributed by atoms with Crippen LogP contribution in [0.2, 0.25) is 0 Å². The first-order valence-corrected chi connectivity index (χ1v) is 7.90. The fraction of sp³-hybridized carbons (Fsp3) is 1.00. The first kappa shape index (κ1) is 13.9. The van der Waals surface area contributed by atoms with Crippen LogP contribution in [0.15, 0.2) is 0 Å². The quantitative estimate of drug-likeness (QED) is 0.691. The van der Waals surface area contributed by atoms with Crippen molar-refractivity contribution in [2.24, 2.45) is 17.0 Å². The Morgan fingerprint density at radius 2 is 2.06 bits per heavy atom. The molecule has 2 atom stereocenters. The maximum atomic E-state index is 10.7. The van der Waals surface area contributed by atoms with Gasteiger partial charge >= 0.3 is 0 Å². The van der Waals surface area contributed by atoms with Crippen molar-refractivity contribution in [3.8, 4) is 0 Å². The van der Waals surface area contributed by atoms with E-state index in [2.05, 4.69) is 12.2 Å². The van der Waals surface area contributed by atoms with Gasteiger partial charge in [0.1, 0.15) is 0 Å². The number of primary sulfonamides is 1. The van der Waals surface area contributed by atoms with E-state index < -0.39 is 10.0 Å². The molecule has 96 valence electrons. The van der Waals surface area contributed by atoms with Crippen molar-refractivity contribution in [1.29, 1.82) is 0 Å². The molecule has 4 nitrogen and oxygen atoms in total. The minimum Gasteiger partial charge on any atom is -0.316 e. The highest BCUT2D eigenvalue weighted by atomic mass is 32.2. The van der Waals surface area contributed by atoms with Gasteiger partial charge in [-0.05, 0) is 31.2 Å². The van der Waals surface area contributed by atoms with Gasteiger partial charge in [0.2, 0.25) is 10.0 Å². The Morgan fingerprint density at radius 1 is 1.31 bits per heavy atom. The van der Waals surface area contributed by atoms with E-state index in [4.69, 9.17) is 5.14 Å². The van der Waals surface area contributed by atoms with Crippen molar-refractivity contribution in [2.45, 2.75) is 39.0 Å². The highest BCUT2D eigenvalue weighted by molar-refractivity contribution is 7.89. The van der Waals surface area contributed by atoms with Crippen molar-refractivity contribution < 1.29 is 8.42 Å². The predicted molar refractivity (Wildman–Crippen MR) is 66.6 cm³/mol. The summed E-state index contributed by atoms with van der Waals surface area (Å²) >= 11 is 0. The van der Waals surface area contributed by atoms with Crippen LogP contribution in [-0.4, -0.2) is 27.3 Å². The monoisotopic (exact) mass is 248 g/mol. The van der Waals surface area contributed by atoms with E-state index in [0.717, 1.165) is 24.8 Å². The van der Waals surface area contributed by atoms with E-state index in [0.29, 0.717) is 6.54 Å². The second-order valence-electron chi connectivity index (χ2n) is 5.04. The normalized spacial score (nSPS) is 26.9. The largest absolute Gasteiger partial charge is 0.316 e. The van der Waals surface area contributed by atoms with E-state index in [9.17, 15) is 8.42 Å². The topological polar surface area (TPSA) is 72.2 Å². The maximum Gasteiger partial charge on any atom is 0.210 e. The Bertz CT molecular complexity index is 290. The van der Waals surface area contributed by atoms with Crippen LogP contribution in [0.25, 0.3) is 0 Å². The molecule has 3 N–H and O–H groups in total. The number of sulfonamides is 1. The number of hydrogen-bond donors (Lipinski definition) is 2. The minimum absolute atomic E-state index is 0.0358. The molecule has 0 aromatic carbocycles. The molecule has 0 aliphatic heterocycles. The van der Waals surface area contributed by atoms with Crippen LogP contribution in [0.4, 0.5) is 0 Å². The Balaban J connectivity index is 2.02. The van der Waals surface area contributed by atoms with Gasteiger partial charge in [0.05, 0.1) is 5.75 Å². The lowest BCUT2D eigenvalue weighted by atomic mass is 9.81. The molecule has 0 amide bonds. The average Bonchev–Trinajstić information content (AvgIpc) is 2.15. The second-order valence-corrected chi connectivity index (χ2v) is 6.78. The molecule has 1 saturated carbocycles. The molecule has 1 aliphatic rings. The Kier molecular flexibility index (Phi) is 5.72. The summed E-state index contributed by atoms with van der Waals surface area (Å²) in [5.74, 6) is 1.72. The molecule has 0 saturated heterocycles. The summed E-state index contributed by atoms with van der Waals surface area (Å²) in [6, 6.07) is 0. The molecule has 0 bridgehead atoms. The van der Waals surface area contributed by atoms with Gasteiger partial charge in [0.15, 0.2) is 0 Å². The molecule has 0 aromatic rings. The molecule has 5 heteroatoms. The highest BCUT2D eigenvalue weighted by Gasteiger charge is 2.18. The molecule has 0 radical (unpaired) electrons. The fourth-order valence-electron chi connectivity index (χ4n) is 2.47. The minimum atomic E-state index is -3.30. The molecule has 1 rings (SSSR count). The van der Waals surface area contributed by atoms with Gasteiger partial charge in [-0.25, -0.2) is 13.6 Å². The van der Waals surface area contributed by atoms with Crippen LogP contribution in [0.3, 0.4) is 0 Å². The fourth-order valence-corrected chi connectivity index (χ4v) is 2.90. The third kappa shape index (κ3) is 6.45. The van der Waals surface area contributed by atoms with Crippen LogP contribution in [0.1, 0.15) is 39.0 Å². The summed E-state index contributed by atoms with van der Waals surface area (Å²) in [5.41, 5.74) is 0. The van der Waals surface area contributed by atoms with E-state index in [1.807, 2.05) is 0 Å². The highest BCUT2D eigenvalue weighted by Crippen LogP contribution is 2.30. The van der Waals surface area contributed by atoms with E-state index in [-0.39, 0.29) is 5.75 Å². The average molecular weight is 248 g/mol. The summed E-state index contributed by atoms with van der Waals surface area (Å²) in [4.78, 5) is 0. The summed E-state index contributed by atoms with van der Waals surface area (Å²) < 4.78 is 21.4. The van der Waals surface area contributed by atoms with Gasteiger partial charge in [-0.1, -0.05) is 26.2 Å². The molecule has 0 heterocycles. The first-order chi connectivity index (χ1) is 7.47. The summed E-state index contributed by atoms with van der Waals surface area (Å²) in [6.45, 7) is 3.70. The van der Waals surface area contributed by atoms with Crippen molar-refractivity contribution in [1.82, 2.24) is 5.32 Å². The Hall–Kier alpha value is -0.130. The van der Waals surface area contributed by atoms with Crippen LogP contribution in [0.5, 0.6) is 0 Å². The smallest absolute Gasteiger partial charge is 0.210 e. The van der Waals surface area contributed by atoms with Crippen LogP contribution >= 0.6 is 0 Å². The summed E-state index contributed by atoms with van der Waals surface area (Å²) in [6.07, 6.45) is 6.55. The second kappa shape index (κ2) is 6.57. The van der Waals surface area contributed by atoms with Crippen LogP contribution < -0.4 is 10.5 Å². The number of nitrogens with two attached hydrogens (primary N) is 1. The lowest BCUT2D eigenvalue weighted by Gasteiger charge is -2.26. The molecule has 1 fully saturated rings. The van der Waals surface area contributed by atoms with E-state index in [1.165, 1.54) is 25.7 Å². The van der Waals surface area contributed by atoms with Crippen LogP contribution in [0, 0.1) is 11.8 Å². The molecule has 1 aliphatic carbocycles. The third-order valence-electron chi connectivity index (χ3n) is 3.34. The zero-order chi connectivity index (χ0) is 12.0. The molecular formula is C11H24N2O2S. The number of nitrogens with one attached hydrogen (secondary N) is 1. The van der Waals surface area contributed by atoms with Crippen molar-refractivity contribution >= 4 is 10.0 Å². The van der Waals surface area contributed by atoms with Gasteiger partial charge in [0.25, 0.3) is 0 Å². The predicted octanol–water partition coefficient (Wildman–Crippen LogP) is 1.08.